The number of nitrogens with zero attached hydrogens (tertiary/aromatic N) is 3. The van der Waals surface area contributed by atoms with E-state index in [1.165, 1.54) is 12.4 Å². The minimum Gasteiger partial charge on any atom is -0.495 e. The summed E-state index contributed by atoms with van der Waals surface area (Å²) in [5.41, 5.74) is 2.08. The zero-order chi connectivity index (χ0) is 18.4. The Morgan fingerprint density at radius 2 is 2.00 bits per heavy atom. The minimum absolute atomic E-state index is 0.0834. The average Bonchev–Trinajstić information content (AvgIpc) is 2.62. The first-order valence-electron chi connectivity index (χ1n) is 8.15. The number of benzene rings is 1. The normalized spacial score (nSPS) is 10.4. The summed E-state index contributed by atoms with van der Waals surface area (Å²) >= 11 is 6.11. The Balaban J connectivity index is 2.13. The van der Waals surface area contributed by atoms with Crippen LogP contribution in [0.25, 0.3) is 0 Å². The summed E-state index contributed by atoms with van der Waals surface area (Å²) in [5, 5.41) is 3.71. The lowest BCUT2D eigenvalue weighted by Crippen LogP contribution is -2.27. The van der Waals surface area contributed by atoms with Gasteiger partial charge in [0.05, 0.1) is 18.4 Å². The van der Waals surface area contributed by atoms with Crippen molar-refractivity contribution in [3.8, 4) is 5.75 Å². The molecule has 0 saturated carbocycles. The SMILES string of the molecule is CCCCN(C)C(=O)c1cnc(Nc2cc(C)c(Cl)cc2OC)nc1. The fourth-order valence-corrected chi connectivity index (χ4v) is 2.42. The first-order chi connectivity index (χ1) is 12.0. The Kier molecular flexibility index (Phi) is 6.58. The standard InChI is InChI=1S/C18H23ClN4O2/c1-5-6-7-23(3)17(24)13-10-20-18(21-11-13)22-15-8-12(2)14(19)9-16(15)25-4/h8-11H,5-7H2,1-4H3,(H,20,21,22). The zero-order valence-corrected chi connectivity index (χ0v) is 15.7. The fraction of sp³-hybridized carbons (Fsp3) is 0.389. The largest absolute Gasteiger partial charge is 0.495 e. The highest BCUT2D eigenvalue weighted by Crippen LogP contribution is 2.32. The number of aryl methyl sites for hydroxylation is 1. The summed E-state index contributed by atoms with van der Waals surface area (Å²) in [7, 11) is 3.35. The summed E-state index contributed by atoms with van der Waals surface area (Å²) in [4.78, 5) is 22.4. The molecule has 0 bridgehead atoms. The van der Waals surface area contributed by atoms with Crippen LogP contribution in [-0.2, 0) is 0 Å². The van der Waals surface area contributed by atoms with E-state index >= 15 is 0 Å². The number of carbonyl (C=O) groups excluding carboxylic acids is 1. The Hall–Kier alpha value is -2.34. The van der Waals surface area contributed by atoms with Crippen molar-refractivity contribution in [2.75, 3.05) is 26.0 Å². The third kappa shape index (κ3) is 4.82. The van der Waals surface area contributed by atoms with Crippen LogP contribution < -0.4 is 10.1 Å². The molecule has 0 radical (unpaired) electrons. The lowest BCUT2D eigenvalue weighted by atomic mass is 10.2. The topological polar surface area (TPSA) is 67.4 Å². The van der Waals surface area contributed by atoms with Crippen LogP contribution in [0, 0.1) is 6.92 Å². The van der Waals surface area contributed by atoms with Gasteiger partial charge in [0, 0.05) is 37.1 Å². The van der Waals surface area contributed by atoms with Crippen molar-refractivity contribution in [2.45, 2.75) is 26.7 Å². The van der Waals surface area contributed by atoms with Gasteiger partial charge in [-0.25, -0.2) is 9.97 Å². The maximum Gasteiger partial charge on any atom is 0.256 e. The molecule has 0 aliphatic carbocycles. The number of methoxy groups -OCH3 is 1. The molecule has 1 heterocycles. The number of rotatable bonds is 7. The second-order valence-electron chi connectivity index (χ2n) is 5.80. The van der Waals surface area contributed by atoms with Crippen molar-refractivity contribution < 1.29 is 9.53 Å². The van der Waals surface area contributed by atoms with Crippen LogP contribution in [-0.4, -0.2) is 41.5 Å². The van der Waals surface area contributed by atoms with E-state index in [1.54, 1.807) is 25.1 Å². The van der Waals surface area contributed by atoms with Gasteiger partial charge in [-0.3, -0.25) is 4.79 Å². The van der Waals surface area contributed by atoms with E-state index in [0.29, 0.717) is 28.0 Å². The van der Waals surface area contributed by atoms with Crippen molar-refractivity contribution in [3.05, 3.63) is 40.7 Å². The monoisotopic (exact) mass is 362 g/mol. The van der Waals surface area contributed by atoms with Crippen LogP contribution in [0.1, 0.15) is 35.7 Å². The van der Waals surface area contributed by atoms with E-state index in [9.17, 15) is 4.79 Å². The van der Waals surface area contributed by atoms with Crippen LogP contribution in [0.4, 0.5) is 11.6 Å². The predicted molar refractivity (Wildman–Crippen MR) is 99.9 cm³/mol. The molecule has 0 unspecified atom stereocenters. The molecule has 0 aliphatic heterocycles. The average molecular weight is 363 g/mol. The first-order valence-corrected chi connectivity index (χ1v) is 8.52. The highest BCUT2D eigenvalue weighted by atomic mass is 35.5. The van der Waals surface area contributed by atoms with Crippen molar-refractivity contribution in [1.82, 2.24) is 14.9 Å². The van der Waals surface area contributed by atoms with Gasteiger partial charge in [-0.2, -0.15) is 0 Å². The quantitative estimate of drug-likeness (QED) is 0.804. The molecular formula is C18H23ClN4O2. The molecule has 1 aromatic carbocycles. The predicted octanol–water partition coefficient (Wildman–Crippen LogP) is 4.06. The number of hydrogen-bond donors (Lipinski definition) is 1. The van der Waals surface area contributed by atoms with Crippen LogP contribution in [0.3, 0.4) is 0 Å². The molecule has 0 spiro atoms. The Bertz CT molecular complexity index is 735. The number of halogens is 1. The number of carbonyl (C=O) groups is 1. The van der Waals surface area contributed by atoms with Gasteiger partial charge >= 0.3 is 0 Å². The van der Waals surface area contributed by atoms with Crippen LogP contribution in [0.15, 0.2) is 24.5 Å². The van der Waals surface area contributed by atoms with Gasteiger partial charge in [-0.1, -0.05) is 24.9 Å². The van der Waals surface area contributed by atoms with Gasteiger partial charge in [0.1, 0.15) is 5.75 Å². The molecular weight excluding hydrogens is 340 g/mol. The highest BCUT2D eigenvalue weighted by Gasteiger charge is 2.13. The van der Waals surface area contributed by atoms with E-state index < -0.39 is 0 Å². The molecule has 2 rings (SSSR count). The Labute approximate surface area is 153 Å². The number of amides is 1. The smallest absolute Gasteiger partial charge is 0.256 e. The number of aromatic nitrogens is 2. The van der Waals surface area contributed by atoms with Crippen LogP contribution in [0.5, 0.6) is 5.75 Å². The van der Waals surface area contributed by atoms with Gasteiger partial charge in [-0.05, 0) is 25.0 Å². The van der Waals surface area contributed by atoms with Crippen molar-refractivity contribution in [3.63, 3.8) is 0 Å². The number of ether oxygens (including phenoxy) is 1. The summed E-state index contributed by atoms with van der Waals surface area (Å²) < 4.78 is 5.32. The van der Waals surface area contributed by atoms with Crippen LogP contribution >= 0.6 is 11.6 Å². The number of unbranched alkanes of at least 4 members (excludes halogenated alkanes) is 1. The van der Waals surface area contributed by atoms with Gasteiger partial charge in [0.25, 0.3) is 5.91 Å². The van der Waals surface area contributed by atoms with Crippen molar-refractivity contribution in [1.29, 1.82) is 0 Å². The summed E-state index contributed by atoms with van der Waals surface area (Å²) in [6.45, 7) is 4.72. The maximum absolute atomic E-state index is 12.3. The van der Waals surface area contributed by atoms with E-state index in [2.05, 4.69) is 22.2 Å². The highest BCUT2D eigenvalue weighted by molar-refractivity contribution is 6.31. The van der Waals surface area contributed by atoms with E-state index in [-0.39, 0.29) is 5.91 Å². The molecule has 0 fully saturated rings. The van der Waals surface area contributed by atoms with E-state index in [0.717, 1.165) is 24.9 Å². The lowest BCUT2D eigenvalue weighted by molar-refractivity contribution is 0.0792. The molecule has 0 saturated heterocycles. The van der Waals surface area contributed by atoms with Crippen molar-refractivity contribution >= 4 is 29.1 Å². The van der Waals surface area contributed by atoms with E-state index in [4.69, 9.17) is 16.3 Å². The van der Waals surface area contributed by atoms with Gasteiger partial charge < -0.3 is 15.0 Å². The number of anilines is 2. The third-order valence-electron chi connectivity index (χ3n) is 3.82. The minimum atomic E-state index is -0.0834. The lowest BCUT2D eigenvalue weighted by Gasteiger charge is -2.16. The second-order valence-corrected chi connectivity index (χ2v) is 6.21. The van der Waals surface area contributed by atoms with Gasteiger partial charge in [0.15, 0.2) is 0 Å². The van der Waals surface area contributed by atoms with Gasteiger partial charge in [-0.15, -0.1) is 0 Å². The number of nitrogens with one attached hydrogen (secondary N) is 1. The summed E-state index contributed by atoms with van der Waals surface area (Å²) in [6, 6.07) is 3.60. The van der Waals surface area contributed by atoms with E-state index in [1.807, 2.05) is 13.0 Å². The number of hydrogen-bond acceptors (Lipinski definition) is 5. The molecule has 25 heavy (non-hydrogen) atoms. The third-order valence-corrected chi connectivity index (χ3v) is 4.23. The molecule has 1 N–H and O–H groups in total. The van der Waals surface area contributed by atoms with Crippen molar-refractivity contribution in [2.24, 2.45) is 0 Å². The van der Waals surface area contributed by atoms with Gasteiger partial charge in [0.2, 0.25) is 5.95 Å². The zero-order valence-electron chi connectivity index (χ0n) is 15.0. The Morgan fingerprint density at radius 1 is 1.32 bits per heavy atom. The van der Waals surface area contributed by atoms with Crippen LogP contribution in [0.2, 0.25) is 5.02 Å². The molecule has 1 aromatic heterocycles. The summed E-state index contributed by atoms with van der Waals surface area (Å²) in [5.74, 6) is 0.895. The first kappa shape index (κ1) is 19.0. The molecule has 0 aliphatic rings. The fourth-order valence-electron chi connectivity index (χ4n) is 2.27. The summed E-state index contributed by atoms with van der Waals surface area (Å²) in [6.07, 6.45) is 5.06. The molecule has 6 nitrogen and oxygen atoms in total. The molecule has 134 valence electrons. The maximum atomic E-state index is 12.3. The molecule has 0 atom stereocenters. The second kappa shape index (κ2) is 8.67. The molecule has 2 aromatic rings. The molecule has 7 heteroatoms. The molecule has 1 amide bonds. The Morgan fingerprint density at radius 3 is 2.60 bits per heavy atom.